The Hall–Kier alpha value is -1.71. The highest BCUT2D eigenvalue weighted by molar-refractivity contribution is 5.79. The highest BCUT2D eigenvalue weighted by Crippen LogP contribution is 2.07. The lowest BCUT2D eigenvalue weighted by atomic mass is 10.2. The van der Waals surface area contributed by atoms with Crippen LogP contribution in [0.3, 0.4) is 0 Å². The van der Waals surface area contributed by atoms with Gasteiger partial charge in [0, 0.05) is 23.5 Å². The summed E-state index contributed by atoms with van der Waals surface area (Å²) in [6.07, 6.45) is 5.36. The Morgan fingerprint density at radius 3 is 2.92 bits per heavy atom. The molecule has 0 amide bonds. The molecule has 0 bridgehead atoms. The maximum atomic E-state index is 12.6. The molecular weight excluding hydrogens is 157 g/mol. The Morgan fingerprint density at radius 1 is 1.58 bits per heavy atom. The first-order valence-electron chi connectivity index (χ1n) is 3.35. The zero-order valence-electron chi connectivity index (χ0n) is 6.37. The van der Waals surface area contributed by atoms with Crippen molar-refractivity contribution < 1.29 is 9.80 Å². The number of aromatic nitrogens is 1. The molecule has 0 radical (unpaired) electrons. The molecule has 1 aromatic rings. The number of hydrogen-bond acceptors (Lipinski definition) is 2. The van der Waals surface area contributed by atoms with Crippen LogP contribution in [0.4, 0.5) is 4.39 Å². The number of nitrogens with zero attached hydrogens (tertiary/aromatic N) is 1. The number of nitrogens with two attached hydrogens (primary N) is 2. The summed E-state index contributed by atoms with van der Waals surface area (Å²) in [4.78, 5) is 3.64. The molecule has 0 aliphatic heterocycles. The van der Waals surface area contributed by atoms with Crippen molar-refractivity contribution in [1.82, 2.24) is 4.98 Å². The van der Waals surface area contributed by atoms with Gasteiger partial charge in [-0.25, -0.2) is 4.39 Å². The van der Waals surface area contributed by atoms with E-state index >= 15 is 0 Å². The van der Waals surface area contributed by atoms with Crippen molar-refractivity contribution in [2.75, 3.05) is 0 Å². The van der Waals surface area contributed by atoms with Gasteiger partial charge in [-0.1, -0.05) is 0 Å². The summed E-state index contributed by atoms with van der Waals surface area (Å²) in [7, 11) is 0. The second kappa shape index (κ2) is 3.61. The van der Waals surface area contributed by atoms with E-state index in [4.69, 9.17) is 11.1 Å². The molecule has 0 unspecified atom stereocenters. The molecule has 0 spiro atoms. The molecule has 1 rings (SSSR count). The van der Waals surface area contributed by atoms with E-state index in [0.29, 0.717) is 11.3 Å². The van der Waals surface area contributed by atoms with Crippen LogP contribution in [0.25, 0.3) is 5.70 Å². The van der Waals surface area contributed by atoms with E-state index < -0.39 is 5.82 Å². The van der Waals surface area contributed by atoms with Gasteiger partial charge in [-0.2, -0.15) is 0 Å². The van der Waals surface area contributed by atoms with Gasteiger partial charge in [0.05, 0.1) is 6.20 Å². The first-order valence-corrected chi connectivity index (χ1v) is 3.35. The zero-order valence-corrected chi connectivity index (χ0v) is 6.37. The molecule has 0 saturated heterocycles. The Kier molecular flexibility index (Phi) is 2.53. The van der Waals surface area contributed by atoms with Crippen LogP contribution in [0.15, 0.2) is 24.5 Å². The van der Waals surface area contributed by atoms with Gasteiger partial charge in [-0.05, 0) is 6.07 Å². The van der Waals surface area contributed by atoms with Crippen LogP contribution in [-0.2, 0) is 0 Å². The fourth-order valence-electron chi connectivity index (χ4n) is 0.770. The van der Waals surface area contributed by atoms with Crippen LogP contribution < -0.4 is 11.1 Å². The molecule has 0 aromatic carbocycles. The second-order valence-electron chi connectivity index (χ2n) is 2.21. The third-order valence-electron chi connectivity index (χ3n) is 1.31. The minimum atomic E-state index is -0.416. The maximum Gasteiger partial charge on any atom is 0.162 e. The molecule has 0 atom stereocenters. The van der Waals surface area contributed by atoms with Gasteiger partial charge in [-0.3, -0.25) is 10.4 Å². The minimum Gasteiger partial charge on any atom is -0.398 e. The van der Waals surface area contributed by atoms with E-state index in [1.54, 1.807) is 0 Å². The summed E-state index contributed by atoms with van der Waals surface area (Å²) < 4.78 is 12.6. The first kappa shape index (κ1) is 8.39. The van der Waals surface area contributed by atoms with Crippen LogP contribution in [0.5, 0.6) is 0 Å². The monoisotopic (exact) mass is 166 g/mol. The molecule has 0 aliphatic carbocycles. The number of hydrogen-bond donors (Lipinski definition) is 2. The topological polar surface area (TPSA) is 64.5 Å². The fourth-order valence-corrected chi connectivity index (χ4v) is 0.770. The lowest BCUT2D eigenvalue weighted by Crippen LogP contribution is -2.28. The molecule has 4 heteroatoms. The Balaban J connectivity index is 3.03. The third-order valence-corrected chi connectivity index (χ3v) is 1.31. The average molecular weight is 166 g/mol. The van der Waals surface area contributed by atoms with E-state index in [-0.39, 0.29) is 0 Å². The predicted octanol–water partition coefficient (Wildman–Crippen LogP) is -0.650. The largest absolute Gasteiger partial charge is 0.398 e. The number of rotatable bonds is 2. The maximum absolute atomic E-state index is 12.6. The summed E-state index contributed by atoms with van der Waals surface area (Å²) >= 11 is 0. The number of halogens is 1. The van der Waals surface area contributed by atoms with Gasteiger partial charge in [0.2, 0.25) is 0 Å². The van der Waals surface area contributed by atoms with E-state index in [1.165, 1.54) is 24.6 Å². The standard InChI is InChI=1S/C8H8FN3/c9-7-3-6(4-12-5-7)8(11)1-2-10/h1-5,10H,11H2/p+1/b8-1-,10-2?. The quantitative estimate of drug-likeness (QED) is 0.573. The molecule has 1 aromatic heterocycles. The molecule has 0 fully saturated rings. The second-order valence-corrected chi connectivity index (χ2v) is 2.21. The van der Waals surface area contributed by atoms with E-state index in [0.717, 1.165) is 6.20 Å². The smallest absolute Gasteiger partial charge is 0.162 e. The summed E-state index contributed by atoms with van der Waals surface area (Å²) in [5.74, 6) is -0.416. The summed E-state index contributed by atoms with van der Waals surface area (Å²) in [5, 5.41) is 5.11. The normalized spacial score (nSPS) is 11.2. The lowest BCUT2D eigenvalue weighted by Gasteiger charge is -1.97. The first-order chi connectivity index (χ1) is 5.74. The molecule has 12 heavy (non-hydrogen) atoms. The molecule has 3 nitrogen and oxygen atoms in total. The van der Waals surface area contributed by atoms with Crippen molar-refractivity contribution in [2.45, 2.75) is 0 Å². The predicted molar refractivity (Wildman–Crippen MR) is 44.3 cm³/mol. The van der Waals surface area contributed by atoms with Crippen molar-refractivity contribution in [3.05, 3.63) is 35.9 Å². The van der Waals surface area contributed by atoms with Gasteiger partial charge in [-0.15, -0.1) is 0 Å². The summed E-state index contributed by atoms with van der Waals surface area (Å²) in [6.45, 7) is 0. The van der Waals surface area contributed by atoms with Crippen molar-refractivity contribution in [2.24, 2.45) is 5.73 Å². The van der Waals surface area contributed by atoms with Crippen molar-refractivity contribution in [3.63, 3.8) is 0 Å². The van der Waals surface area contributed by atoms with E-state index in [2.05, 4.69) is 4.98 Å². The van der Waals surface area contributed by atoms with Crippen molar-refractivity contribution >= 4 is 11.9 Å². The minimum absolute atomic E-state index is 0.393. The van der Waals surface area contributed by atoms with Gasteiger partial charge >= 0.3 is 0 Å². The van der Waals surface area contributed by atoms with E-state index in [1.807, 2.05) is 0 Å². The SMILES string of the molecule is N/C(=C\C=[NH2+])c1cncc(F)c1. The number of allylic oxidation sites excluding steroid dienone is 1. The third kappa shape index (κ3) is 1.88. The molecule has 62 valence electrons. The van der Waals surface area contributed by atoms with Crippen LogP contribution in [0.2, 0.25) is 0 Å². The van der Waals surface area contributed by atoms with Crippen LogP contribution >= 0.6 is 0 Å². The van der Waals surface area contributed by atoms with Gasteiger partial charge in [0.1, 0.15) is 5.82 Å². The Morgan fingerprint density at radius 2 is 2.33 bits per heavy atom. The average Bonchev–Trinajstić information content (AvgIpc) is 2.05. The van der Waals surface area contributed by atoms with Gasteiger partial charge < -0.3 is 5.73 Å². The Bertz CT molecular complexity index is 320. The molecular formula is C8H9FN3+. The highest BCUT2D eigenvalue weighted by atomic mass is 19.1. The highest BCUT2D eigenvalue weighted by Gasteiger charge is 1.97. The lowest BCUT2D eigenvalue weighted by molar-refractivity contribution is -0.104. The molecule has 4 N–H and O–H groups in total. The molecule has 0 saturated carbocycles. The van der Waals surface area contributed by atoms with Crippen LogP contribution in [0.1, 0.15) is 5.56 Å². The number of pyridine rings is 1. The van der Waals surface area contributed by atoms with Gasteiger partial charge in [0.15, 0.2) is 6.21 Å². The van der Waals surface area contributed by atoms with Crippen molar-refractivity contribution in [1.29, 1.82) is 0 Å². The van der Waals surface area contributed by atoms with E-state index in [9.17, 15) is 4.39 Å². The fraction of sp³-hybridized carbons (Fsp3) is 0. The molecule has 0 aliphatic rings. The summed E-state index contributed by atoms with van der Waals surface area (Å²) in [5.41, 5.74) is 6.44. The zero-order chi connectivity index (χ0) is 8.97. The molecule has 1 heterocycles. The van der Waals surface area contributed by atoms with Crippen LogP contribution in [-0.4, -0.2) is 11.2 Å². The summed E-state index contributed by atoms with van der Waals surface area (Å²) in [6, 6.07) is 1.29. The van der Waals surface area contributed by atoms with Gasteiger partial charge in [0.25, 0.3) is 0 Å². The van der Waals surface area contributed by atoms with Crippen LogP contribution in [0, 0.1) is 5.82 Å². The Labute approximate surface area is 69.2 Å². The van der Waals surface area contributed by atoms with Crippen molar-refractivity contribution in [3.8, 4) is 0 Å².